The van der Waals surface area contributed by atoms with Gasteiger partial charge in [-0.2, -0.15) is 0 Å². The van der Waals surface area contributed by atoms with Gasteiger partial charge >= 0.3 is 29.6 Å². The van der Waals surface area contributed by atoms with E-state index in [1.807, 2.05) is 54.6 Å². The molecule has 0 saturated heterocycles. The van der Waals surface area contributed by atoms with E-state index < -0.39 is 21.6 Å². The van der Waals surface area contributed by atoms with E-state index in [0.717, 1.165) is 11.1 Å². The second-order valence-electron chi connectivity index (χ2n) is 5.86. The first-order valence-electron chi connectivity index (χ1n) is 7.90. The predicted octanol–water partition coefficient (Wildman–Crippen LogP) is -0.930. The molecule has 136 valence electrons. The van der Waals surface area contributed by atoms with Gasteiger partial charge in [0.2, 0.25) is 0 Å². The van der Waals surface area contributed by atoms with Gasteiger partial charge in [0.1, 0.15) is 21.7 Å². The van der Waals surface area contributed by atoms with Crippen LogP contribution >= 0.6 is 0 Å². The first kappa shape index (κ1) is 21.5. The molecule has 0 radical (unpaired) electrons. The van der Waals surface area contributed by atoms with Gasteiger partial charge < -0.3 is 9.87 Å². The number of hydrogen-bond acceptors (Lipinski definition) is 5. The second kappa shape index (κ2) is 8.45. The normalized spacial score (nSPS) is 11.1. The molecule has 0 bridgehead atoms. The maximum absolute atomic E-state index is 12.9. The van der Waals surface area contributed by atoms with Crippen molar-refractivity contribution in [1.29, 1.82) is 0 Å². The van der Waals surface area contributed by atoms with E-state index in [9.17, 15) is 17.8 Å². The first-order valence-corrected chi connectivity index (χ1v) is 9.48. The largest absolute Gasteiger partial charge is 1.00 e. The molecule has 0 atom stereocenters. The van der Waals surface area contributed by atoms with Gasteiger partial charge in [0.05, 0.1) is 11.4 Å². The number of para-hydroxylation sites is 1. The molecule has 0 fully saturated rings. The van der Waals surface area contributed by atoms with Gasteiger partial charge in [-0.05, 0) is 18.6 Å². The molecule has 0 aliphatic carbocycles. The van der Waals surface area contributed by atoms with E-state index in [0.29, 0.717) is 11.4 Å². The Kier molecular flexibility index (Phi) is 6.72. The second-order valence-corrected chi connectivity index (χ2v) is 7.27. The standard InChI is InChI=1S/C18H19N3O4S.Na/c1-13-17(19-12-26(23,24)25)18(22)21(20(13)2)16-11-7-6-10-15(16)14-8-4-3-5-9-14;/h3-11,19H,12H2,1-2H3,(H,23,24,25);/q;+1/p-1. The fraction of sp³-hybridized carbons (Fsp3) is 0.167. The molecule has 0 aliphatic rings. The number of aromatic nitrogens is 2. The van der Waals surface area contributed by atoms with Crippen LogP contribution in [-0.4, -0.2) is 28.2 Å². The van der Waals surface area contributed by atoms with Crippen molar-refractivity contribution in [3.63, 3.8) is 0 Å². The molecule has 1 N–H and O–H groups in total. The molecular weight excluding hydrogens is 377 g/mol. The van der Waals surface area contributed by atoms with Crippen molar-refractivity contribution in [3.05, 3.63) is 70.6 Å². The van der Waals surface area contributed by atoms with Crippen molar-refractivity contribution >= 4 is 15.8 Å². The SMILES string of the molecule is Cc1c(NCS(=O)(=O)[O-])c(=O)n(-c2ccccc2-c2ccccc2)n1C.[Na+]. The Balaban J connectivity index is 0.00000261. The molecule has 0 amide bonds. The van der Waals surface area contributed by atoms with Crippen LogP contribution < -0.4 is 40.4 Å². The van der Waals surface area contributed by atoms with Crippen LogP contribution in [0.25, 0.3) is 16.8 Å². The monoisotopic (exact) mass is 395 g/mol. The van der Waals surface area contributed by atoms with Gasteiger partial charge in [0.25, 0.3) is 5.56 Å². The average molecular weight is 395 g/mol. The fourth-order valence-corrected chi connectivity index (χ4v) is 3.19. The maximum Gasteiger partial charge on any atom is 1.00 e. The zero-order valence-corrected chi connectivity index (χ0v) is 18.2. The summed E-state index contributed by atoms with van der Waals surface area (Å²) in [5.41, 5.74) is 2.67. The van der Waals surface area contributed by atoms with Crippen molar-refractivity contribution in [2.75, 3.05) is 11.2 Å². The molecule has 1 aromatic heterocycles. The van der Waals surface area contributed by atoms with Gasteiger partial charge in [-0.1, -0.05) is 48.5 Å². The van der Waals surface area contributed by atoms with Crippen LogP contribution in [0.1, 0.15) is 5.69 Å². The minimum absolute atomic E-state index is 0. The summed E-state index contributed by atoms with van der Waals surface area (Å²) in [5, 5.41) is 2.46. The van der Waals surface area contributed by atoms with E-state index in [-0.39, 0.29) is 35.2 Å². The average Bonchev–Trinajstić information content (AvgIpc) is 2.82. The van der Waals surface area contributed by atoms with Crippen LogP contribution in [0.5, 0.6) is 0 Å². The van der Waals surface area contributed by atoms with E-state index in [1.165, 1.54) is 4.68 Å². The zero-order valence-electron chi connectivity index (χ0n) is 15.3. The van der Waals surface area contributed by atoms with Gasteiger partial charge in [-0.15, -0.1) is 0 Å². The Labute approximate surface area is 179 Å². The number of nitrogens with zero attached hydrogens (tertiary/aromatic N) is 2. The summed E-state index contributed by atoms with van der Waals surface area (Å²) in [6.45, 7) is 1.68. The summed E-state index contributed by atoms with van der Waals surface area (Å²) < 4.78 is 35.8. The Morgan fingerprint density at radius 3 is 2.26 bits per heavy atom. The number of nitrogens with one attached hydrogen (secondary N) is 1. The Morgan fingerprint density at radius 2 is 1.63 bits per heavy atom. The summed E-state index contributed by atoms with van der Waals surface area (Å²) in [7, 11) is -2.79. The molecule has 0 aliphatic heterocycles. The van der Waals surface area contributed by atoms with Gasteiger partial charge in [0.15, 0.2) is 0 Å². The maximum atomic E-state index is 12.9. The van der Waals surface area contributed by atoms with Crippen molar-refractivity contribution in [1.82, 2.24) is 9.36 Å². The summed E-state index contributed by atoms with van der Waals surface area (Å²) in [4.78, 5) is 12.9. The number of rotatable bonds is 5. The Bertz CT molecular complexity index is 1110. The molecule has 0 spiro atoms. The number of hydrogen-bond donors (Lipinski definition) is 1. The summed E-state index contributed by atoms with van der Waals surface area (Å²) >= 11 is 0. The minimum Gasteiger partial charge on any atom is -0.747 e. The summed E-state index contributed by atoms with van der Waals surface area (Å²) in [6, 6.07) is 17.1. The van der Waals surface area contributed by atoms with Crippen molar-refractivity contribution in [2.45, 2.75) is 6.92 Å². The van der Waals surface area contributed by atoms with Crippen LogP contribution in [0.3, 0.4) is 0 Å². The van der Waals surface area contributed by atoms with Crippen molar-refractivity contribution in [3.8, 4) is 16.8 Å². The topological polar surface area (TPSA) is 96.2 Å². The van der Waals surface area contributed by atoms with E-state index in [2.05, 4.69) is 5.32 Å². The van der Waals surface area contributed by atoms with Crippen LogP contribution in [0.4, 0.5) is 5.69 Å². The first-order chi connectivity index (χ1) is 12.3. The quantitative estimate of drug-likeness (QED) is 0.445. The Morgan fingerprint density at radius 1 is 1.04 bits per heavy atom. The van der Waals surface area contributed by atoms with E-state index in [4.69, 9.17) is 0 Å². The van der Waals surface area contributed by atoms with Crippen LogP contribution in [0, 0.1) is 6.92 Å². The molecule has 9 heteroatoms. The van der Waals surface area contributed by atoms with E-state index in [1.54, 1.807) is 18.7 Å². The minimum atomic E-state index is -4.49. The molecule has 7 nitrogen and oxygen atoms in total. The molecular formula is C18H18N3NaO4S. The zero-order chi connectivity index (χ0) is 18.9. The molecule has 27 heavy (non-hydrogen) atoms. The van der Waals surface area contributed by atoms with Crippen LogP contribution in [-0.2, 0) is 17.2 Å². The summed E-state index contributed by atoms with van der Waals surface area (Å²) in [6.07, 6.45) is 0. The van der Waals surface area contributed by atoms with Gasteiger partial charge in [0, 0.05) is 12.6 Å². The molecule has 0 unspecified atom stereocenters. The van der Waals surface area contributed by atoms with Gasteiger partial charge in [-0.3, -0.25) is 9.48 Å². The van der Waals surface area contributed by atoms with Crippen LogP contribution in [0.15, 0.2) is 59.4 Å². The predicted molar refractivity (Wildman–Crippen MR) is 99.4 cm³/mol. The van der Waals surface area contributed by atoms with E-state index >= 15 is 0 Å². The fourth-order valence-electron chi connectivity index (χ4n) is 2.86. The summed E-state index contributed by atoms with van der Waals surface area (Å²) in [5.74, 6) is -0.840. The molecule has 3 aromatic rings. The third-order valence-corrected chi connectivity index (χ3v) is 4.69. The van der Waals surface area contributed by atoms with Gasteiger partial charge in [-0.25, -0.2) is 13.1 Å². The van der Waals surface area contributed by atoms with Crippen molar-refractivity contribution < 1.29 is 42.5 Å². The number of benzene rings is 2. The molecule has 3 rings (SSSR count). The molecule has 1 heterocycles. The van der Waals surface area contributed by atoms with Crippen LogP contribution in [0.2, 0.25) is 0 Å². The number of anilines is 1. The third kappa shape index (κ3) is 4.53. The third-order valence-electron chi connectivity index (χ3n) is 4.20. The smallest absolute Gasteiger partial charge is 0.747 e. The van der Waals surface area contributed by atoms with Crippen molar-refractivity contribution in [2.24, 2.45) is 7.05 Å². The Hall–Kier alpha value is -1.84. The molecule has 0 saturated carbocycles. The molecule has 2 aromatic carbocycles.